The van der Waals surface area contributed by atoms with Crippen LogP contribution in [-0.4, -0.2) is 48.9 Å². The van der Waals surface area contributed by atoms with Crippen LogP contribution in [0, 0.1) is 13.8 Å². The zero-order valence-corrected chi connectivity index (χ0v) is 18.0. The van der Waals surface area contributed by atoms with E-state index in [1.165, 1.54) is 0 Å². The number of hydrogen-bond donors (Lipinski definition) is 1. The van der Waals surface area contributed by atoms with Crippen LogP contribution >= 0.6 is 11.6 Å². The van der Waals surface area contributed by atoms with Gasteiger partial charge in [-0.05, 0) is 83.7 Å². The van der Waals surface area contributed by atoms with Gasteiger partial charge in [-0.25, -0.2) is 4.79 Å². The predicted molar refractivity (Wildman–Crippen MR) is 110 cm³/mol. The highest BCUT2D eigenvalue weighted by molar-refractivity contribution is 6.30. The first kappa shape index (κ1) is 21.8. The van der Waals surface area contributed by atoms with Crippen molar-refractivity contribution in [2.24, 2.45) is 0 Å². The van der Waals surface area contributed by atoms with Crippen LogP contribution in [0.25, 0.3) is 0 Å². The van der Waals surface area contributed by atoms with Crippen molar-refractivity contribution in [2.75, 3.05) is 26.2 Å². The van der Waals surface area contributed by atoms with E-state index in [0.29, 0.717) is 6.54 Å². The van der Waals surface area contributed by atoms with Gasteiger partial charge in [0, 0.05) is 24.7 Å². The number of carbonyl (C=O) groups is 1. The summed E-state index contributed by atoms with van der Waals surface area (Å²) in [5.41, 5.74) is 1.73. The largest absolute Gasteiger partial charge is 0.490 e. The predicted octanol–water partition coefficient (Wildman–Crippen LogP) is 4.71. The molecule has 1 aromatic carbocycles. The number of nitrogens with one attached hydrogen (secondary N) is 1. The van der Waals surface area contributed by atoms with E-state index in [1.54, 1.807) is 0 Å². The third kappa shape index (κ3) is 7.59. The second-order valence-electron chi connectivity index (χ2n) is 8.31. The lowest BCUT2D eigenvalue weighted by Crippen LogP contribution is -2.40. The van der Waals surface area contributed by atoms with Gasteiger partial charge >= 0.3 is 6.09 Å². The first-order valence-corrected chi connectivity index (χ1v) is 10.1. The molecule has 6 heteroatoms. The molecule has 152 valence electrons. The number of benzene rings is 1. The Kier molecular flexibility index (Phi) is 7.80. The third-order valence-electron chi connectivity index (χ3n) is 4.56. The number of rotatable bonds is 6. The Morgan fingerprint density at radius 2 is 1.81 bits per heavy atom. The van der Waals surface area contributed by atoms with Gasteiger partial charge < -0.3 is 19.7 Å². The van der Waals surface area contributed by atoms with E-state index in [1.807, 2.05) is 46.8 Å². The van der Waals surface area contributed by atoms with Crippen LogP contribution in [0.3, 0.4) is 0 Å². The summed E-state index contributed by atoms with van der Waals surface area (Å²) in [4.78, 5) is 14.1. The molecular weight excluding hydrogens is 364 g/mol. The van der Waals surface area contributed by atoms with Crippen molar-refractivity contribution in [1.82, 2.24) is 10.2 Å². The average Bonchev–Trinajstić information content (AvgIpc) is 2.54. The second-order valence-corrected chi connectivity index (χ2v) is 8.75. The number of amides is 1. The van der Waals surface area contributed by atoms with Gasteiger partial charge in [-0.3, -0.25) is 0 Å². The quantitative estimate of drug-likeness (QED) is 0.707. The van der Waals surface area contributed by atoms with Crippen molar-refractivity contribution in [3.8, 4) is 5.75 Å². The van der Waals surface area contributed by atoms with Gasteiger partial charge in [-0.2, -0.15) is 0 Å². The minimum Gasteiger partial charge on any atom is -0.490 e. The van der Waals surface area contributed by atoms with Crippen molar-refractivity contribution in [3.63, 3.8) is 0 Å². The minimum atomic E-state index is -0.452. The maximum absolute atomic E-state index is 11.6. The fourth-order valence-corrected chi connectivity index (χ4v) is 3.64. The molecule has 1 aliphatic rings. The van der Waals surface area contributed by atoms with Crippen LogP contribution in [0.5, 0.6) is 5.75 Å². The summed E-state index contributed by atoms with van der Waals surface area (Å²) < 4.78 is 11.5. The van der Waals surface area contributed by atoms with Gasteiger partial charge in [0.05, 0.1) is 0 Å². The lowest BCUT2D eigenvalue weighted by Gasteiger charge is -2.32. The van der Waals surface area contributed by atoms with Gasteiger partial charge in [0.15, 0.2) is 0 Å². The summed E-state index contributed by atoms with van der Waals surface area (Å²) in [5.74, 6) is 0.972. The first-order valence-electron chi connectivity index (χ1n) is 9.76. The molecule has 5 nitrogen and oxygen atoms in total. The molecule has 0 radical (unpaired) electrons. The number of hydrogen-bond acceptors (Lipinski definition) is 4. The van der Waals surface area contributed by atoms with Crippen LogP contribution in [0.15, 0.2) is 12.1 Å². The number of halogens is 1. The summed E-state index contributed by atoms with van der Waals surface area (Å²) in [5, 5.41) is 3.57. The highest BCUT2D eigenvalue weighted by atomic mass is 35.5. The summed E-state index contributed by atoms with van der Waals surface area (Å²) in [6.07, 6.45) is 2.85. The second kappa shape index (κ2) is 9.65. The van der Waals surface area contributed by atoms with Crippen LogP contribution in [0.4, 0.5) is 4.79 Å². The molecule has 0 aromatic heterocycles. The minimum absolute atomic E-state index is 0.250. The number of alkyl carbamates (subject to hydrolysis) is 1. The van der Waals surface area contributed by atoms with Gasteiger partial charge in [-0.15, -0.1) is 0 Å². The smallest absolute Gasteiger partial charge is 0.407 e. The van der Waals surface area contributed by atoms with E-state index in [2.05, 4.69) is 10.2 Å². The van der Waals surface area contributed by atoms with Crippen LogP contribution in [0.1, 0.15) is 51.2 Å². The van der Waals surface area contributed by atoms with Gasteiger partial charge in [-0.1, -0.05) is 11.6 Å². The topological polar surface area (TPSA) is 50.8 Å². The third-order valence-corrected chi connectivity index (χ3v) is 4.78. The Hall–Kier alpha value is -1.46. The molecule has 27 heavy (non-hydrogen) atoms. The van der Waals surface area contributed by atoms with E-state index in [4.69, 9.17) is 21.1 Å². The Morgan fingerprint density at radius 1 is 1.22 bits per heavy atom. The molecule has 1 aliphatic heterocycles. The summed E-state index contributed by atoms with van der Waals surface area (Å²) in [7, 11) is 0. The van der Waals surface area contributed by atoms with Crippen LogP contribution < -0.4 is 10.1 Å². The SMILES string of the molecule is Cc1cc(Cl)cc(C)c1OC1CCN(CCCNC(=O)OC(C)(C)C)CC1. The summed E-state index contributed by atoms with van der Waals surface area (Å²) >= 11 is 6.10. The zero-order valence-electron chi connectivity index (χ0n) is 17.2. The molecule has 0 aliphatic carbocycles. The van der Waals surface area contributed by atoms with E-state index >= 15 is 0 Å². The van der Waals surface area contributed by atoms with Crippen LogP contribution in [0.2, 0.25) is 5.02 Å². The fourth-order valence-electron chi connectivity index (χ4n) is 3.31. The van der Waals surface area contributed by atoms with Crippen LogP contribution in [-0.2, 0) is 4.74 Å². The maximum Gasteiger partial charge on any atom is 0.407 e. The Bertz CT molecular complexity index is 612. The molecule has 1 amide bonds. The van der Waals surface area contributed by atoms with Gasteiger partial charge in [0.25, 0.3) is 0 Å². The van der Waals surface area contributed by atoms with Gasteiger partial charge in [0.2, 0.25) is 0 Å². The molecule has 1 fully saturated rings. The Balaban J connectivity index is 1.67. The molecule has 1 N–H and O–H groups in total. The van der Waals surface area contributed by atoms with Crippen molar-refractivity contribution in [1.29, 1.82) is 0 Å². The van der Waals surface area contributed by atoms with E-state index < -0.39 is 5.60 Å². The number of likely N-dealkylation sites (tertiary alicyclic amines) is 1. The lowest BCUT2D eigenvalue weighted by molar-refractivity contribution is 0.0523. The monoisotopic (exact) mass is 396 g/mol. The Morgan fingerprint density at radius 3 is 2.37 bits per heavy atom. The van der Waals surface area contributed by atoms with E-state index in [0.717, 1.165) is 60.8 Å². The summed E-state index contributed by atoms with van der Waals surface area (Å²) in [6, 6.07) is 3.91. The van der Waals surface area contributed by atoms with Crippen molar-refractivity contribution < 1.29 is 14.3 Å². The molecule has 0 atom stereocenters. The molecule has 2 rings (SSSR count). The maximum atomic E-state index is 11.6. The molecule has 1 heterocycles. The molecule has 0 bridgehead atoms. The molecule has 0 unspecified atom stereocenters. The van der Waals surface area contributed by atoms with E-state index in [9.17, 15) is 4.79 Å². The fraction of sp³-hybridized carbons (Fsp3) is 0.667. The number of aryl methyl sites for hydroxylation is 2. The molecule has 1 aromatic rings. The number of carbonyl (C=O) groups excluding carboxylic acids is 1. The van der Waals surface area contributed by atoms with E-state index in [-0.39, 0.29) is 12.2 Å². The Labute approximate surface area is 168 Å². The zero-order chi connectivity index (χ0) is 20.0. The molecule has 0 spiro atoms. The average molecular weight is 397 g/mol. The molecule has 0 saturated carbocycles. The number of nitrogens with zero attached hydrogens (tertiary/aromatic N) is 1. The lowest BCUT2D eigenvalue weighted by atomic mass is 10.1. The normalized spacial score (nSPS) is 16.2. The number of piperidine rings is 1. The standard InChI is InChI=1S/C21H33ClN2O3/c1-15-13-17(22)14-16(2)19(15)26-18-7-11-24(12-8-18)10-6-9-23-20(25)27-21(3,4)5/h13-14,18H,6-12H2,1-5H3,(H,23,25). The summed E-state index contributed by atoms with van der Waals surface area (Å²) in [6.45, 7) is 13.3. The van der Waals surface area contributed by atoms with Crippen molar-refractivity contribution in [2.45, 2.75) is 65.6 Å². The first-order chi connectivity index (χ1) is 12.6. The number of ether oxygens (including phenoxy) is 2. The highest BCUT2D eigenvalue weighted by Crippen LogP contribution is 2.29. The highest BCUT2D eigenvalue weighted by Gasteiger charge is 2.22. The van der Waals surface area contributed by atoms with Gasteiger partial charge in [0.1, 0.15) is 17.5 Å². The van der Waals surface area contributed by atoms with Crippen molar-refractivity contribution >= 4 is 17.7 Å². The molecular formula is C21H33ClN2O3. The molecule has 1 saturated heterocycles. The van der Waals surface area contributed by atoms with Crippen molar-refractivity contribution in [3.05, 3.63) is 28.3 Å².